The van der Waals surface area contributed by atoms with Crippen LogP contribution in [0.15, 0.2) is 12.2 Å². The van der Waals surface area contributed by atoms with Crippen LogP contribution in [0.2, 0.25) is 0 Å². The second kappa shape index (κ2) is 5.88. The second-order valence-electron chi connectivity index (χ2n) is 2.26. The summed E-state index contributed by atoms with van der Waals surface area (Å²) in [6.45, 7) is 7.88. The molecule has 0 aromatic heterocycles. The summed E-state index contributed by atoms with van der Waals surface area (Å²) < 4.78 is 0. The van der Waals surface area contributed by atoms with Crippen LogP contribution in [0.4, 0.5) is 0 Å². The molecule has 4 nitrogen and oxygen atoms in total. The number of carboxylic acids is 1. The minimum atomic E-state index is -0.935. The van der Waals surface area contributed by atoms with Gasteiger partial charge in [-0.15, -0.1) is 0 Å². The minimum Gasteiger partial charge on any atom is -0.478 e. The van der Waals surface area contributed by atoms with Crippen molar-refractivity contribution in [3.8, 4) is 0 Å². The van der Waals surface area contributed by atoms with Crippen molar-refractivity contribution < 1.29 is 9.90 Å². The Morgan fingerprint density at radius 1 is 1.45 bits per heavy atom. The summed E-state index contributed by atoms with van der Waals surface area (Å²) in [5, 5.41) is 14.1. The molecule has 1 heterocycles. The third-order valence-electron chi connectivity index (χ3n) is 1.09. The second-order valence-corrected chi connectivity index (χ2v) is 2.26. The molecule has 1 aliphatic heterocycles. The van der Waals surface area contributed by atoms with E-state index in [9.17, 15) is 4.79 Å². The van der Waals surface area contributed by atoms with E-state index in [1.54, 1.807) is 0 Å². The predicted molar refractivity (Wildman–Crippen MR) is 43.3 cm³/mol. The molecule has 1 fully saturated rings. The summed E-state index contributed by atoms with van der Waals surface area (Å²) in [6, 6.07) is 0. The van der Waals surface area contributed by atoms with E-state index in [4.69, 9.17) is 5.11 Å². The summed E-state index contributed by atoms with van der Waals surface area (Å²) in [6.07, 6.45) is 0. The zero-order valence-electron chi connectivity index (χ0n) is 6.68. The van der Waals surface area contributed by atoms with Crippen molar-refractivity contribution in [2.24, 2.45) is 0 Å². The Morgan fingerprint density at radius 3 is 1.91 bits per heavy atom. The van der Waals surface area contributed by atoms with Crippen molar-refractivity contribution in [2.45, 2.75) is 6.92 Å². The lowest BCUT2D eigenvalue weighted by molar-refractivity contribution is -0.132. The van der Waals surface area contributed by atoms with Crippen LogP contribution < -0.4 is 10.6 Å². The van der Waals surface area contributed by atoms with E-state index < -0.39 is 5.97 Å². The van der Waals surface area contributed by atoms with Crippen LogP contribution in [0.5, 0.6) is 0 Å². The van der Waals surface area contributed by atoms with Crippen LogP contribution in [0, 0.1) is 0 Å². The van der Waals surface area contributed by atoms with Crippen molar-refractivity contribution in [1.82, 2.24) is 10.6 Å². The van der Waals surface area contributed by atoms with Gasteiger partial charge in [-0.1, -0.05) is 6.58 Å². The molecule has 0 aromatic rings. The number of rotatable bonds is 1. The Balaban J connectivity index is 0.000000183. The van der Waals surface area contributed by atoms with Crippen LogP contribution >= 0.6 is 0 Å². The number of carboxylic acid groups (broad SMARTS) is 1. The van der Waals surface area contributed by atoms with Crippen molar-refractivity contribution >= 4 is 5.97 Å². The van der Waals surface area contributed by atoms with E-state index in [1.807, 2.05) is 0 Å². The average Bonchev–Trinajstić information content (AvgIpc) is 2.41. The molecule has 64 valence electrons. The Hall–Kier alpha value is -0.870. The molecule has 4 heteroatoms. The lowest BCUT2D eigenvalue weighted by Gasteiger charge is -1.79. The molecule has 0 saturated carbocycles. The van der Waals surface area contributed by atoms with E-state index in [2.05, 4.69) is 17.2 Å². The van der Waals surface area contributed by atoms with Gasteiger partial charge in [0.15, 0.2) is 0 Å². The van der Waals surface area contributed by atoms with Gasteiger partial charge in [-0.2, -0.15) is 0 Å². The van der Waals surface area contributed by atoms with Crippen molar-refractivity contribution in [2.75, 3.05) is 19.8 Å². The molecular weight excluding hydrogens is 144 g/mol. The summed E-state index contributed by atoms with van der Waals surface area (Å²) in [4.78, 5) is 9.60. The highest BCUT2D eigenvalue weighted by molar-refractivity contribution is 5.84. The summed E-state index contributed by atoms with van der Waals surface area (Å²) in [7, 11) is 0. The third kappa shape index (κ3) is 7.02. The van der Waals surface area contributed by atoms with Crippen LogP contribution in [0.3, 0.4) is 0 Å². The third-order valence-corrected chi connectivity index (χ3v) is 1.09. The first-order valence-electron chi connectivity index (χ1n) is 3.45. The summed E-state index contributed by atoms with van der Waals surface area (Å²) in [5.74, 6) is -0.935. The SMILES string of the molecule is C1CNCN1.C=C(C)C(=O)O. The van der Waals surface area contributed by atoms with Gasteiger partial charge in [-0.05, 0) is 6.92 Å². The van der Waals surface area contributed by atoms with E-state index >= 15 is 0 Å². The van der Waals surface area contributed by atoms with E-state index in [1.165, 1.54) is 6.92 Å². The Labute approximate surface area is 66.3 Å². The first-order valence-corrected chi connectivity index (χ1v) is 3.45. The first kappa shape index (κ1) is 10.1. The predicted octanol–water partition coefficient (Wildman–Crippen LogP) is -0.216. The molecule has 1 aliphatic rings. The van der Waals surface area contributed by atoms with Gasteiger partial charge in [-0.3, -0.25) is 0 Å². The molecule has 11 heavy (non-hydrogen) atoms. The molecule has 0 atom stereocenters. The van der Waals surface area contributed by atoms with Crippen LogP contribution in [0.1, 0.15) is 6.92 Å². The fourth-order valence-corrected chi connectivity index (χ4v) is 0.442. The monoisotopic (exact) mass is 158 g/mol. The van der Waals surface area contributed by atoms with Gasteiger partial charge in [-0.25, -0.2) is 4.79 Å². The smallest absolute Gasteiger partial charge is 0.330 e. The Morgan fingerprint density at radius 2 is 1.82 bits per heavy atom. The zero-order chi connectivity index (χ0) is 8.69. The number of carbonyl (C=O) groups is 1. The lowest BCUT2D eigenvalue weighted by atomic mass is 10.4. The van der Waals surface area contributed by atoms with Gasteiger partial charge in [0.05, 0.1) is 0 Å². The zero-order valence-corrected chi connectivity index (χ0v) is 6.68. The Kier molecular flexibility index (Phi) is 5.42. The van der Waals surface area contributed by atoms with Gasteiger partial charge in [0, 0.05) is 25.3 Å². The standard InChI is InChI=1S/C4H6O2.C3H8N2/c1-3(2)4(5)6;1-2-5-3-4-1/h1H2,2H3,(H,5,6);4-5H,1-3H2. The Bertz CT molecular complexity index is 122. The average molecular weight is 158 g/mol. The van der Waals surface area contributed by atoms with Crippen LogP contribution in [-0.2, 0) is 4.79 Å². The van der Waals surface area contributed by atoms with Gasteiger partial charge in [0.2, 0.25) is 0 Å². The van der Waals surface area contributed by atoms with Crippen molar-refractivity contribution in [3.05, 3.63) is 12.2 Å². The maximum absolute atomic E-state index is 9.60. The first-order chi connectivity index (χ1) is 5.14. The quantitative estimate of drug-likeness (QED) is 0.462. The number of hydrogen-bond donors (Lipinski definition) is 3. The van der Waals surface area contributed by atoms with Crippen molar-refractivity contribution in [3.63, 3.8) is 0 Å². The topological polar surface area (TPSA) is 61.4 Å². The van der Waals surface area contributed by atoms with E-state index in [-0.39, 0.29) is 5.57 Å². The molecule has 0 radical (unpaired) electrons. The normalized spacial score (nSPS) is 15.0. The van der Waals surface area contributed by atoms with Crippen LogP contribution in [0.25, 0.3) is 0 Å². The van der Waals surface area contributed by atoms with E-state index in [0.717, 1.165) is 19.8 Å². The van der Waals surface area contributed by atoms with Crippen molar-refractivity contribution in [1.29, 1.82) is 0 Å². The molecule has 0 aromatic carbocycles. The molecular formula is C7H14N2O2. The van der Waals surface area contributed by atoms with Gasteiger partial charge in [0.25, 0.3) is 0 Å². The van der Waals surface area contributed by atoms with Gasteiger partial charge in [0.1, 0.15) is 0 Å². The maximum atomic E-state index is 9.60. The highest BCUT2D eigenvalue weighted by Gasteiger charge is 1.90. The van der Waals surface area contributed by atoms with Crippen LogP contribution in [-0.4, -0.2) is 30.8 Å². The minimum absolute atomic E-state index is 0.176. The number of hydrogen-bond acceptors (Lipinski definition) is 3. The fourth-order valence-electron chi connectivity index (χ4n) is 0.442. The highest BCUT2D eigenvalue weighted by atomic mass is 16.4. The molecule has 3 N–H and O–H groups in total. The molecule has 1 rings (SSSR count). The number of aliphatic carboxylic acids is 1. The largest absolute Gasteiger partial charge is 0.478 e. The summed E-state index contributed by atoms with van der Waals surface area (Å²) in [5.41, 5.74) is 0.176. The number of nitrogens with one attached hydrogen (secondary N) is 2. The molecule has 0 amide bonds. The van der Waals surface area contributed by atoms with Gasteiger partial charge >= 0.3 is 5.97 Å². The lowest BCUT2D eigenvalue weighted by Crippen LogP contribution is -2.11. The molecule has 0 aliphatic carbocycles. The molecule has 0 unspecified atom stereocenters. The maximum Gasteiger partial charge on any atom is 0.330 e. The molecule has 1 saturated heterocycles. The fraction of sp³-hybridized carbons (Fsp3) is 0.571. The molecule has 0 bridgehead atoms. The van der Waals surface area contributed by atoms with E-state index in [0.29, 0.717) is 0 Å². The van der Waals surface area contributed by atoms with Gasteiger partial charge < -0.3 is 15.7 Å². The summed E-state index contributed by atoms with van der Waals surface area (Å²) >= 11 is 0. The molecule has 0 spiro atoms. The highest BCUT2D eigenvalue weighted by Crippen LogP contribution is 1.81.